The normalized spacial score (nSPS) is 13.7. The highest BCUT2D eigenvalue weighted by Gasteiger charge is 2.39. The van der Waals surface area contributed by atoms with Crippen molar-refractivity contribution >= 4 is 23.3 Å². The lowest BCUT2D eigenvalue weighted by Crippen LogP contribution is -2.27. The van der Waals surface area contributed by atoms with Gasteiger partial charge in [0.2, 0.25) is 0 Å². The lowest BCUT2D eigenvalue weighted by atomic mass is 10.0. The second-order valence-corrected chi connectivity index (χ2v) is 4.59. The summed E-state index contributed by atoms with van der Waals surface area (Å²) in [6, 6.07) is 4.95. The summed E-state index contributed by atoms with van der Waals surface area (Å²) in [5.41, 5.74) is 0.0875. The van der Waals surface area contributed by atoms with E-state index in [0.717, 1.165) is 4.90 Å². The summed E-state index contributed by atoms with van der Waals surface area (Å²) in [6.07, 6.45) is 1.56. The number of ether oxygens (including phenoxy) is 1. The Balaban J connectivity index is 2.59. The van der Waals surface area contributed by atoms with Crippen molar-refractivity contribution in [3.63, 3.8) is 0 Å². The quantitative estimate of drug-likeness (QED) is 0.607. The third kappa shape index (κ3) is 1.54. The number of fused-ring (bicyclic) bond motifs is 2. The van der Waals surface area contributed by atoms with Crippen molar-refractivity contribution in [2.75, 3.05) is 14.2 Å². The Kier molecular flexibility index (Phi) is 2.65. The van der Waals surface area contributed by atoms with Gasteiger partial charge >= 0.3 is 5.97 Å². The average molecular weight is 285 g/mol. The number of esters is 1. The minimum atomic E-state index is -0.716. The number of aromatic nitrogens is 1. The Labute approximate surface area is 118 Å². The van der Waals surface area contributed by atoms with Crippen LogP contribution >= 0.6 is 0 Å². The van der Waals surface area contributed by atoms with Gasteiger partial charge in [-0.15, -0.1) is 0 Å². The van der Waals surface area contributed by atoms with Crippen molar-refractivity contribution in [1.29, 1.82) is 5.41 Å². The largest absolute Gasteiger partial charge is 0.465 e. The summed E-state index contributed by atoms with van der Waals surface area (Å²) >= 11 is 0. The Hall–Kier alpha value is -2.96. The Bertz CT molecular complexity index is 882. The lowest BCUT2D eigenvalue weighted by molar-refractivity contribution is 0.0592. The monoisotopic (exact) mass is 285 g/mol. The molecular weight excluding hydrogens is 274 g/mol. The molecule has 0 saturated carbocycles. The summed E-state index contributed by atoms with van der Waals surface area (Å²) in [7, 11) is 2.52. The standard InChI is InChI=1S/C14H11N3O4/c1-16-12(18)9-8(14(20)21-2)7-5-3-4-6-17(7)11(15)10(9)13(16)19/h3-6,15H,1-2H3. The highest BCUT2D eigenvalue weighted by molar-refractivity contribution is 6.25. The molecule has 0 aromatic carbocycles. The highest BCUT2D eigenvalue weighted by atomic mass is 16.5. The molecule has 0 bridgehead atoms. The van der Waals surface area contributed by atoms with Gasteiger partial charge in [-0.1, -0.05) is 6.07 Å². The van der Waals surface area contributed by atoms with Gasteiger partial charge in [-0.2, -0.15) is 0 Å². The third-order valence-electron chi connectivity index (χ3n) is 3.52. The number of hydrogen-bond acceptors (Lipinski definition) is 5. The van der Waals surface area contributed by atoms with E-state index >= 15 is 0 Å². The molecule has 1 aliphatic heterocycles. The summed E-state index contributed by atoms with van der Waals surface area (Å²) in [4.78, 5) is 37.4. The third-order valence-corrected chi connectivity index (χ3v) is 3.52. The first-order chi connectivity index (χ1) is 9.99. The predicted octanol–water partition coefficient (Wildman–Crippen LogP) is 0.431. The molecule has 2 aromatic heterocycles. The number of amides is 2. The maximum atomic E-state index is 12.2. The summed E-state index contributed by atoms with van der Waals surface area (Å²) in [6.45, 7) is 0. The van der Waals surface area contributed by atoms with Crippen molar-refractivity contribution in [3.05, 3.63) is 46.6 Å². The van der Waals surface area contributed by atoms with Gasteiger partial charge < -0.3 is 9.14 Å². The summed E-state index contributed by atoms with van der Waals surface area (Å²) in [5, 5.41) is 8.14. The number of imide groups is 1. The van der Waals surface area contributed by atoms with Crippen LogP contribution in [0.5, 0.6) is 0 Å². The Morgan fingerprint density at radius 2 is 1.86 bits per heavy atom. The van der Waals surface area contributed by atoms with Crippen molar-refractivity contribution in [1.82, 2.24) is 9.30 Å². The van der Waals surface area contributed by atoms with Crippen LogP contribution in [0.15, 0.2) is 24.4 Å². The van der Waals surface area contributed by atoms with Gasteiger partial charge in [0.05, 0.1) is 29.3 Å². The summed E-state index contributed by atoms with van der Waals surface area (Å²) < 4.78 is 6.12. The van der Waals surface area contributed by atoms with Crippen LogP contribution in [0, 0.1) is 5.41 Å². The predicted molar refractivity (Wildman–Crippen MR) is 71.0 cm³/mol. The zero-order chi connectivity index (χ0) is 15.3. The van der Waals surface area contributed by atoms with E-state index in [0.29, 0.717) is 5.52 Å². The first kappa shape index (κ1) is 13.0. The molecule has 0 atom stereocenters. The van der Waals surface area contributed by atoms with Crippen molar-refractivity contribution in [2.24, 2.45) is 0 Å². The minimum absolute atomic E-state index is 0.00630. The van der Waals surface area contributed by atoms with Gasteiger partial charge in [-0.3, -0.25) is 19.9 Å². The van der Waals surface area contributed by atoms with Crippen LogP contribution in [0.4, 0.5) is 0 Å². The number of carbonyl (C=O) groups excluding carboxylic acids is 3. The van der Waals surface area contributed by atoms with E-state index in [-0.39, 0.29) is 22.2 Å². The molecule has 0 spiro atoms. The van der Waals surface area contributed by atoms with E-state index in [4.69, 9.17) is 10.1 Å². The van der Waals surface area contributed by atoms with Crippen molar-refractivity contribution in [3.8, 4) is 0 Å². The average Bonchev–Trinajstić information content (AvgIpc) is 2.72. The molecule has 106 valence electrons. The number of nitrogens with zero attached hydrogens (tertiary/aromatic N) is 2. The van der Waals surface area contributed by atoms with Crippen LogP contribution in [0.25, 0.3) is 5.52 Å². The van der Waals surface area contributed by atoms with E-state index in [9.17, 15) is 14.4 Å². The molecule has 0 fully saturated rings. The number of nitrogens with one attached hydrogen (secondary N) is 1. The summed E-state index contributed by atoms with van der Waals surface area (Å²) in [5.74, 6) is -1.91. The van der Waals surface area contributed by atoms with E-state index in [1.165, 1.54) is 18.6 Å². The fourth-order valence-electron chi connectivity index (χ4n) is 2.49. The van der Waals surface area contributed by atoms with Gasteiger partial charge in [0.1, 0.15) is 5.49 Å². The maximum absolute atomic E-state index is 12.2. The van der Waals surface area contributed by atoms with Gasteiger partial charge in [0, 0.05) is 13.2 Å². The number of carbonyl (C=O) groups is 3. The Morgan fingerprint density at radius 3 is 2.52 bits per heavy atom. The van der Waals surface area contributed by atoms with E-state index in [2.05, 4.69) is 0 Å². The van der Waals surface area contributed by atoms with Crippen LogP contribution in [-0.4, -0.2) is 41.2 Å². The van der Waals surface area contributed by atoms with Crippen LogP contribution in [0.2, 0.25) is 0 Å². The van der Waals surface area contributed by atoms with Crippen LogP contribution in [0.3, 0.4) is 0 Å². The number of rotatable bonds is 1. The molecule has 7 heteroatoms. The molecule has 2 amide bonds. The molecular formula is C14H11N3O4. The smallest absolute Gasteiger partial charge is 0.340 e. The number of methoxy groups -OCH3 is 1. The molecule has 3 heterocycles. The SMILES string of the molecule is COC(=O)c1c2c(c(=N)n3ccccc13)C(=O)N(C)C2=O. The zero-order valence-corrected chi connectivity index (χ0v) is 11.3. The topological polar surface area (TPSA) is 91.9 Å². The van der Waals surface area contributed by atoms with Crippen LogP contribution < -0.4 is 5.49 Å². The first-order valence-corrected chi connectivity index (χ1v) is 6.11. The molecule has 1 N–H and O–H groups in total. The number of hydrogen-bond donors (Lipinski definition) is 1. The molecule has 0 aliphatic carbocycles. The fraction of sp³-hybridized carbons (Fsp3) is 0.143. The van der Waals surface area contributed by atoms with E-state index < -0.39 is 17.8 Å². The highest BCUT2D eigenvalue weighted by Crippen LogP contribution is 2.26. The van der Waals surface area contributed by atoms with Crippen LogP contribution in [-0.2, 0) is 4.74 Å². The van der Waals surface area contributed by atoms with E-state index in [1.807, 2.05) is 0 Å². The fourth-order valence-corrected chi connectivity index (χ4v) is 2.49. The van der Waals surface area contributed by atoms with Crippen LogP contribution in [0.1, 0.15) is 31.1 Å². The molecule has 0 saturated heterocycles. The van der Waals surface area contributed by atoms with Crippen molar-refractivity contribution < 1.29 is 19.1 Å². The molecule has 21 heavy (non-hydrogen) atoms. The molecule has 1 aliphatic rings. The Morgan fingerprint density at radius 1 is 1.19 bits per heavy atom. The zero-order valence-electron chi connectivity index (χ0n) is 11.3. The van der Waals surface area contributed by atoms with Gasteiger partial charge in [0.15, 0.2) is 0 Å². The van der Waals surface area contributed by atoms with Gasteiger partial charge in [0.25, 0.3) is 11.8 Å². The van der Waals surface area contributed by atoms with E-state index in [1.54, 1.807) is 24.4 Å². The maximum Gasteiger partial charge on any atom is 0.340 e. The molecule has 2 aromatic rings. The van der Waals surface area contributed by atoms with Gasteiger partial charge in [-0.25, -0.2) is 4.79 Å². The minimum Gasteiger partial charge on any atom is -0.465 e. The first-order valence-electron chi connectivity index (χ1n) is 6.11. The molecule has 3 rings (SSSR count). The molecule has 0 unspecified atom stereocenters. The van der Waals surface area contributed by atoms with Crippen molar-refractivity contribution in [2.45, 2.75) is 0 Å². The lowest BCUT2D eigenvalue weighted by Gasteiger charge is -2.10. The number of pyridine rings is 2. The van der Waals surface area contributed by atoms with Gasteiger partial charge in [-0.05, 0) is 12.1 Å². The molecule has 7 nitrogen and oxygen atoms in total. The molecule has 0 radical (unpaired) electrons. The second-order valence-electron chi connectivity index (χ2n) is 4.59. The second kappa shape index (κ2) is 4.27.